The van der Waals surface area contributed by atoms with Crippen LogP contribution < -0.4 is 5.32 Å². The van der Waals surface area contributed by atoms with Crippen LogP contribution in [-0.4, -0.2) is 47.9 Å². The average molecular weight is 671 g/mol. The van der Waals surface area contributed by atoms with Crippen molar-refractivity contribution >= 4 is 23.4 Å². The van der Waals surface area contributed by atoms with Crippen LogP contribution in [0.5, 0.6) is 0 Å². The fourth-order valence-corrected chi connectivity index (χ4v) is 13.3. The zero-order valence-corrected chi connectivity index (χ0v) is 31.6. The van der Waals surface area contributed by atoms with Crippen LogP contribution in [0.2, 0.25) is 0 Å². The minimum absolute atomic E-state index is 0.0215. The molecule has 5 aliphatic rings. The van der Waals surface area contributed by atoms with Gasteiger partial charge >= 0.3 is 5.97 Å². The molecule has 0 bridgehead atoms. The van der Waals surface area contributed by atoms with Crippen LogP contribution in [0.15, 0.2) is 42.5 Å². The van der Waals surface area contributed by atoms with Gasteiger partial charge in [-0.15, -0.1) is 0 Å². The van der Waals surface area contributed by atoms with Crippen molar-refractivity contribution in [3.8, 4) is 0 Å². The minimum Gasteiger partial charge on any atom is -0.478 e. The van der Waals surface area contributed by atoms with E-state index in [0.29, 0.717) is 48.2 Å². The molecule has 0 unspecified atom stereocenters. The van der Waals surface area contributed by atoms with Gasteiger partial charge < -0.3 is 15.3 Å². The van der Waals surface area contributed by atoms with Crippen molar-refractivity contribution in [2.45, 2.75) is 113 Å². The predicted molar refractivity (Wildman–Crippen MR) is 197 cm³/mol. The molecular weight excluding hydrogens is 608 g/mol. The van der Waals surface area contributed by atoms with Gasteiger partial charge in [0, 0.05) is 27.1 Å². The Bertz CT molecular complexity index is 1540. The minimum atomic E-state index is -0.881. The Balaban J connectivity index is 1.28. The molecule has 6 rings (SSSR count). The van der Waals surface area contributed by atoms with Crippen molar-refractivity contribution < 1.29 is 19.5 Å². The Morgan fingerprint density at radius 3 is 2.22 bits per heavy atom. The number of aromatic carboxylic acids is 1. The molecule has 6 heteroatoms. The lowest BCUT2D eigenvalue weighted by molar-refractivity contribution is -0.225. The zero-order valence-electron chi connectivity index (χ0n) is 31.6. The number of amides is 2. The molecule has 0 aliphatic heterocycles. The van der Waals surface area contributed by atoms with Gasteiger partial charge in [-0.2, -0.15) is 0 Å². The lowest BCUT2D eigenvalue weighted by Crippen LogP contribution is -2.66. The molecule has 0 saturated heterocycles. The molecule has 5 aliphatic carbocycles. The Morgan fingerprint density at radius 1 is 0.898 bits per heavy atom. The van der Waals surface area contributed by atoms with Crippen LogP contribution in [0.25, 0.3) is 5.57 Å². The van der Waals surface area contributed by atoms with E-state index in [9.17, 15) is 19.5 Å². The Hall–Kier alpha value is -2.89. The van der Waals surface area contributed by atoms with E-state index >= 15 is 0 Å². The third-order valence-corrected chi connectivity index (χ3v) is 16.0. The number of carboxylic acids is 1. The smallest absolute Gasteiger partial charge is 0.335 e. The Kier molecular flexibility index (Phi) is 9.09. The van der Waals surface area contributed by atoms with Crippen LogP contribution in [0.4, 0.5) is 0 Å². The second-order valence-corrected chi connectivity index (χ2v) is 18.3. The van der Waals surface area contributed by atoms with E-state index in [4.69, 9.17) is 0 Å². The molecule has 6 nitrogen and oxygen atoms in total. The van der Waals surface area contributed by atoms with E-state index in [1.54, 1.807) is 24.0 Å². The summed E-state index contributed by atoms with van der Waals surface area (Å²) in [6, 6.07) is 7.52. The zero-order chi connectivity index (χ0) is 35.7. The van der Waals surface area contributed by atoms with Crippen molar-refractivity contribution in [3.05, 3.63) is 53.6 Å². The predicted octanol–water partition coefficient (Wildman–Crippen LogP) is 9.02. The summed E-state index contributed by atoms with van der Waals surface area (Å²) < 4.78 is 0. The summed E-state index contributed by atoms with van der Waals surface area (Å²) in [6.07, 6.45) is 13.2. The molecule has 0 radical (unpaired) electrons. The van der Waals surface area contributed by atoms with E-state index in [1.807, 2.05) is 19.2 Å². The number of carbonyl (C=O) groups is 3. The maximum atomic E-state index is 14.3. The van der Waals surface area contributed by atoms with Crippen LogP contribution in [0, 0.1) is 56.7 Å². The Labute approximate surface area is 295 Å². The number of carboxylic acid groups (broad SMARTS) is 1. The van der Waals surface area contributed by atoms with Gasteiger partial charge in [-0.25, -0.2) is 4.79 Å². The van der Waals surface area contributed by atoms with Crippen LogP contribution >= 0.6 is 0 Å². The van der Waals surface area contributed by atoms with E-state index < -0.39 is 5.97 Å². The maximum absolute atomic E-state index is 14.3. The average Bonchev–Trinajstić information content (AvgIpc) is 3.44. The molecule has 0 aromatic heterocycles. The molecule has 0 spiro atoms. The molecule has 1 aromatic rings. The van der Waals surface area contributed by atoms with Crippen LogP contribution in [0.1, 0.15) is 129 Å². The lowest BCUT2D eigenvalue weighted by atomic mass is 9.32. The normalized spacial score (nSPS) is 38.9. The van der Waals surface area contributed by atoms with Gasteiger partial charge in [0.15, 0.2) is 0 Å². The number of fused-ring (bicyclic) bond motifs is 7. The van der Waals surface area contributed by atoms with Gasteiger partial charge in [-0.3, -0.25) is 9.59 Å². The first-order valence-corrected chi connectivity index (χ1v) is 19.1. The second kappa shape index (κ2) is 12.4. The third kappa shape index (κ3) is 5.36. The largest absolute Gasteiger partial charge is 0.478 e. The second-order valence-electron chi connectivity index (χ2n) is 18.3. The molecule has 4 fully saturated rings. The SMILES string of the molecule is C=C(C)[C@@H]1CC[C@]2(C(=O)NCCCN(C)C(C)=O)CC[C@]3(C)[C@H](CC[C@@H]4[C@@]5(C)CC=C(c6ccc(C(=O)O)cc6)C(C)(C)[C@@H]5CC[C@]43C)[C@@H]12. The maximum Gasteiger partial charge on any atom is 0.335 e. The van der Waals surface area contributed by atoms with Gasteiger partial charge in [0.1, 0.15) is 0 Å². The molecule has 4 saturated carbocycles. The van der Waals surface area contributed by atoms with Crippen molar-refractivity contribution in [2.75, 3.05) is 20.1 Å². The number of hydrogen-bond donors (Lipinski definition) is 2. The third-order valence-electron chi connectivity index (χ3n) is 16.0. The molecular formula is C43H62N2O4. The summed E-state index contributed by atoms with van der Waals surface area (Å²) in [4.78, 5) is 39.3. The summed E-state index contributed by atoms with van der Waals surface area (Å²) in [5, 5.41) is 12.9. The molecule has 1 aromatic carbocycles. The molecule has 9 atom stereocenters. The summed E-state index contributed by atoms with van der Waals surface area (Å²) >= 11 is 0. The van der Waals surface area contributed by atoms with Crippen molar-refractivity contribution in [2.24, 2.45) is 56.7 Å². The number of benzene rings is 1. The molecule has 49 heavy (non-hydrogen) atoms. The monoisotopic (exact) mass is 670 g/mol. The highest BCUT2D eigenvalue weighted by Crippen LogP contribution is 2.77. The van der Waals surface area contributed by atoms with E-state index in [2.05, 4.69) is 59.5 Å². The summed E-state index contributed by atoms with van der Waals surface area (Å²) in [7, 11) is 1.82. The topological polar surface area (TPSA) is 86.7 Å². The number of carbonyl (C=O) groups excluding carboxylic acids is 2. The molecule has 2 amide bonds. The fourth-order valence-electron chi connectivity index (χ4n) is 13.3. The standard InChI is InChI=1S/C43H62N2O4/c1-27(2)31-17-22-43(38(49)44-25-10-26-45(9)28(3)46)24-23-41(7)33(36(31)43)15-16-35-40(6)20-18-32(29-11-13-30(14-12-29)37(47)48)39(4,5)34(40)19-21-42(35,41)8/h11-14,18,31,33-36H,1,10,15-17,19-26H2,2-9H3,(H,44,49)(H,47,48)/t31-,33+,34-,35+,36+,40-,41+,42+,43-/m0/s1. The van der Waals surface area contributed by atoms with Crippen molar-refractivity contribution in [1.29, 1.82) is 0 Å². The summed E-state index contributed by atoms with van der Waals surface area (Å²) in [5.41, 5.74) is 4.28. The van der Waals surface area contributed by atoms with Gasteiger partial charge in [-0.05, 0) is 146 Å². The summed E-state index contributed by atoms with van der Waals surface area (Å²) in [5.74, 6) is 1.79. The fraction of sp³-hybridized carbons (Fsp3) is 0.698. The lowest BCUT2D eigenvalue weighted by Gasteiger charge is -2.72. The van der Waals surface area contributed by atoms with Gasteiger partial charge in [0.25, 0.3) is 0 Å². The van der Waals surface area contributed by atoms with Crippen LogP contribution in [-0.2, 0) is 9.59 Å². The first-order chi connectivity index (χ1) is 22.9. The number of rotatable bonds is 8. The highest BCUT2D eigenvalue weighted by Gasteiger charge is 2.71. The number of hydrogen-bond acceptors (Lipinski definition) is 3. The number of nitrogens with one attached hydrogen (secondary N) is 1. The van der Waals surface area contributed by atoms with Crippen molar-refractivity contribution in [1.82, 2.24) is 10.2 Å². The van der Waals surface area contributed by atoms with E-state index in [0.717, 1.165) is 44.1 Å². The van der Waals surface area contributed by atoms with E-state index in [1.165, 1.54) is 36.8 Å². The number of allylic oxidation sites excluding steroid dienone is 3. The first kappa shape index (κ1) is 35.9. The molecule has 268 valence electrons. The van der Waals surface area contributed by atoms with Crippen LogP contribution in [0.3, 0.4) is 0 Å². The molecule has 2 N–H and O–H groups in total. The van der Waals surface area contributed by atoms with E-state index in [-0.39, 0.29) is 38.9 Å². The van der Waals surface area contributed by atoms with Gasteiger partial charge in [0.2, 0.25) is 11.8 Å². The summed E-state index contributed by atoms with van der Waals surface area (Å²) in [6.45, 7) is 22.3. The Morgan fingerprint density at radius 2 is 1.59 bits per heavy atom. The van der Waals surface area contributed by atoms with Crippen molar-refractivity contribution in [3.63, 3.8) is 0 Å². The quantitative estimate of drug-likeness (QED) is 0.214. The van der Waals surface area contributed by atoms with Gasteiger partial charge in [0.05, 0.1) is 11.0 Å². The first-order valence-electron chi connectivity index (χ1n) is 19.1. The van der Waals surface area contributed by atoms with Gasteiger partial charge in [-0.1, -0.05) is 65.0 Å². The molecule has 0 heterocycles. The highest BCUT2D eigenvalue weighted by atomic mass is 16.4. The number of nitrogens with zero attached hydrogens (tertiary/aromatic N) is 1. The highest BCUT2D eigenvalue weighted by molar-refractivity contribution is 5.88.